The van der Waals surface area contributed by atoms with Crippen LogP contribution in [0.2, 0.25) is 0 Å². The molecule has 0 saturated heterocycles. The van der Waals surface area contributed by atoms with Crippen LogP contribution in [0.1, 0.15) is 41.4 Å². The van der Waals surface area contributed by atoms with Crippen molar-refractivity contribution in [1.82, 2.24) is 4.57 Å². The van der Waals surface area contributed by atoms with Gasteiger partial charge in [0.1, 0.15) is 5.69 Å². The summed E-state index contributed by atoms with van der Waals surface area (Å²) in [5.41, 5.74) is 4.41. The number of aromatic nitrogens is 1. The number of nitrogens with zero attached hydrogens (tertiary/aromatic N) is 1. The molecule has 0 bridgehead atoms. The van der Waals surface area contributed by atoms with Crippen molar-refractivity contribution in [3.05, 3.63) is 47.3 Å². The first-order chi connectivity index (χ1) is 9.54. The Kier molecular flexibility index (Phi) is 4.28. The molecule has 1 N–H and O–H groups in total. The highest BCUT2D eigenvalue weighted by Crippen LogP contribution is 2.30. The number of hydrogen-bond acceptors (Lipinski definition) is 1. The van der Waals surface area contributed by atoms with Gasteiger partial charge in [0.2, 0.25) is 0 Å². The van der Waals surface area contributed by atoms with Gasteiger partial charge in [-0.2, -0.15) is 0 Å². The van der Waals surface area contributed by atoms with Crippen LogP contribution in [-0.4, -0.2) is 15.6 Å². The van der Waals surface area contributed by atoms with Gasteiger partial charge < -0.3 is 9.67 Å². The molecule has 0 radical (unpaired) electrons. The predicted octanol–water partition coefficient (Wildman–Crippen LogP) is 4.27. The van der Waals surface area contributed by atoms with E-state index in [0.717, 1.165) is 36.1 Å². The maximum atomic E-state index is 11.6. The second-order valence-corrected chi connectivity index (χ2v) is 5.25. The molecule has 1 aromatic carbocycles. The molecule has 0 aliphatic carbocycles. The Labute approximate surface area is 119 Å². The topological polar surface area (TPSA) is 42.2 Å². The molecule has 0 amide bonds. The molecule has 0 fully saturated rings. The van der Waals surface area contributed by atoms with Crippen molar-refractivity contribution in [3.63, 3.8) is 0 Å². The van der Waals surface area contributed by atoms with Crippen LogP contribution in [0.4, 0.5) is 0 Å². The molecule has 3 heteroatoms. The number of unbranched alkanes of at least 4 members (excludes halogenated alkanes) is 1. The lowest BCUT2D eigenvalue weighted by molar-refractivity contribution is 0.0686. The Balaban J connectivity index is 2.54. The maximum absolute atomic E-state index is 11.6. The van der Waals surface area contributed by atoms with Crippen molar-refractivity contribution < 1.29 is 9.90 Å². The van der Waals surface area contributed by atoms with Gasteiger partial charge in [0, 0.05) is 18.3 Å². The van der Waals surface area contributed by atoms with Crippen LogP contribution >= 0.6 is 0 Å². The number of aryl methyl sites for hydroxylation is 3. The van der Waals surface area contributed by atoms with Gasteiger partial charge in [-0.15, -0.1) is 0 Å². The fraction of sp³-hybridized carbons (Fsp3) is 0.353. The van der Waals surface area contributed by atoms with E-state index in [4.69, 9.17) is 0 Å². The molecular weight excluding hydrogens is 250 g/mol. The summed E-state index contributed by atoms with van der Waals surface area (Å²) >= 11 is 0. The van der Waals surface area contributed by atoms with Crippen LogP contribution < -0.4 is 0 Å². The lowest BCUT2D eigenvalue weighted by Gasteiger charge is -2.08. The van der Waals surface area contributed by atoms with E-state index in [1.807, 2.05) is 48.9 Å². The standard InChI is InChI=1S/C17H21NO2/c1-4-5-10-18-11-13(3)15(16(18)17(19)20)14-8-6-12(2)7-9-14/h6-9,11H,4-5,10H2,1-3H3,(H,19,20). The molecule has 0 spiro atoms. The van der Waals surface area contributed by atoms with E-state index in [1.165, 1.54) is 5.56 Å². The van der Waals surface area contributed by atoms with Crippen LogP contribution in [0.15, 0.2) is 30.5 Å². The zero-order chi connectivity index (χ0) is 14.7. The quantitative estimate of drug-likeness (QED) is 0.882. The monoisotopic (exact) mass is 271 g/mol. The molecular formula is C17H21NO2. The fourth-order valence-electron chi connectivity index (χ4n) is 2.51. The number of aromatic carboxylic acids is 1. The summed E-state index contributed by atoms with van der Waals surface area (Å²) in [6, 6.07) is 8.02. The third-order valence-corrected chi connectivity index (χ3v) is 3.56. The average Bonchev–Trinajstić information content (AvgIpc) is 2.74. The third-order valence-electron chi connectivity index (χ3n) is 3.56. The molecule has 2 aromatic rings. The number of carbonyl (C=O) groups is 1. The van der Waals surface area contributed by atoms with Gasteiger partial charge in [0.25, 0.3) is 0 Å². The summed E-state index contributed by atoms with van der Waals surface area (Å²) in [4.78, 5) is 11.6. The molecule has 1 heterocycles. The molecule has 0 aliphatic heterocycles. The molecule has 2 rings (SSSR count). The number of benzene rings is 1. The Morgan fingerprint density at radius 3 is 2.40 bits per heavy atom. The Morgan fingerprint density at radius 1 is 1.20 bits per heavy atom. The largest absolute Gasteiger partial charge is 0.477 e. The van der Waals surface area contributed by atoms with Gasteiger partial charge in [-0.05, 0) is 31.4 Å². The predicted molar refractivity (Wildman–Crippen MR) is 81.2 cm³/mol. The van der Waals surface area contributed by atoms with Gasteiger partial charge in [-0.25, -0.2) is 4.79 Å². The molecule has 106 valence electrons. The van der Waals surface area contributed by atoms with Gasteiger partial charge >= 0.3 is 5.97 Å². The highest BCUT2D eigenvalue weighted by atomic mass is 16.4. The van der Waals surface area contributed by atoms with Crippen LogP contribution in [0, 0.1) is 13.8 Å². The average molecular weight is 271 g/mol. The molecule has 1 aromatic heterocycles. The van der Waals surface area contributed by atoms with E-state index < -0.39 is 5.97 Å². The van der Waals surface area contributed by atoms with E-state index >= 15 is 0 Å². The van der Waals surface area contributed by atoms with Crippen molar-refractivity contribution in [2.75, 3.05) is 0 Å². The lowest BCUT2D eigenvalue weighted by Crippen LogP contribution is -2.09. The first-order valence-electron chi connectivity index (χ1n) is 7.04. The minimum atomic E-state index is -0.857. The number of carboxylic acid groups (broad SMARTS) is 1. The second kappa shape index (κ2) is 5.95. The van der Waals surface area contributed by atoms with Gasteiger partial charge in [-0.1, -0.05) is 43.2 Å². The van der Waals surface area contributed by atoms with E-state index in [2.05, 4.69) is 6.92 Å². The Hall–Kier alpha value is -2.03. The normalized spacial score (nSPS) is 10.8. The lowest BCUT2D eigenvalue weighted by atomic mass is 10.0. The molecule has 20 heavy (non-hydrogen) atoms. The highest BCUT2D eigenvalue weighted by Gasteiger charge is 2.20. The number of hydrogen-bond donors (Lipinski definition) is 1. The summed E-state index contributed by atoms with van der Waals surface area (Å²) < 4.78 is 1.87. The van der Waals surface area contributed by atoms with E-state index in [-0.39, 0.29) is 0 Å². The zero-order valence-corrected chi connectivity index (χ0v) is 12.3. The van der Waals surface area contributed by atoms with E-state index in [1.54, 1.807) is 0 Å². The minimum Gasteiger partial charge on any atom is -0.477 e. The van der Waals surface area contributed by atoms with Crippen LogP contribution in [0.3, 0.4) is 0 Å². The first-order valence-corrected chi connectivity index (χ1v) is 7.04. The van der Waals surface area contributed by atoms with Crippen LogP contribution in [0.25, 0.3) is 11.1 Å². The Morgan fingerprint density at radius 2 is 1.85 bits per heavy atom. The maximum Gasteiger partial charge on any atom is 0.353 e. The first kappa shape index (κ1) is 14.4. The Bertz CT molecular complexity index is 609. The SMILES string of the molecule is CCCCn1cc(C)c(-c2ccc(C)cc2)c1C(=O)O. The summed E-state index contributed by atoms with van der Waals surface area (Å²) in [6.07, 6.45) is 3.99. The summed E-state index contributed by atoms with van der Waals surface area (Å²) in [5, 5.41) is 9.55. The minimum absolute atomic E-state index is 0.403. The third kappa shape index (κ3) is 2.77. The van der Waals surface area contributed by atoms with Crippen molar-refractivity contribution in [1.29, 1.82) is 0 Å². The molecule has 3 nitrogen and oxygen atoms in total. The van der Waals surface area contributed by atoms with Crippen molar-refractivity contribution in [3.8, 4) is 11.1 Å². The van der Waals surface area contributed by atoms with E-state index in [9.17, 15) is 9.90 Å². The second-order valence-electron chi connectivity index (χ2n) is 5.25. The fourth-order valence-corrected chi connectivity index (χ4v) is 2.51. The summed E-state index contributed by atoms with van der Waals surface area (Å²) in [6.45, 7) is 6.87. The van der Waals surface area contributed by atoms with Crippen LogP contribution in [-0.2, 0) is 6.54 Å². The molecule has 0 saturated carbocycles. The van der Waals surface area contributed by atoms with Gasteiger partial charge in [-0.3, -0.25) is 0 Å². The smallest absolute Gasteiger partial charge is 0.353 e. The van der Waals surface area contributed by atoms with Gasteiger partial charge in [0.05, 0.1) is 0 Å². The molecule has 0 atom stereocenters. The summed E-state index contributed by atoms with van der Waals surface area (Å²) in [5.74, 6) is -0.857. The zero-order valence-electron chi connectivity index (χ0n) is 12.3. The molecule has 0 aliphatic rings. The van der Waals surface area contributed by atoms with Crippen molar-refractivity contribution in [2.45, 2.75) is 40.2 Å². The number of carboxylic acids is 1. The van der Waals surface area contributed by atoms with Crippen molar-refractivity contribution in [2.24, 2.45) is 0 Å². The summed E-state index contributed by atoms with van der Waals surface area (Å²) in [7, 11) is 0. The van der Waals surface area contributed by atoms with E-state index in [0.29, 0.717) is 5.69 Å². The van der Waals surface area contributed by atoms with Crippen LogP contribution in [0.5, 0.6) is 0 Å². The highest BCUT2D eigenvalue weighted by molar-refractivity contribution is 5.95. The number of rotatable bonds is 5. The van der Waals surface area contributed by atoms with Gasteiger partial charge in [0.15, 0.2) is 0 Å². The molecule has 0 unspecified atom stereocenters. The van der Waals surface area contributed by atoms with Crippen molar-refractivity contribution >= 4 is 5.97 Å².